The number of methoxy groups -OCH3 is 1. The van der Waals surface area contributed by atoms with Crippen molar-refractivity contribution in [3.8, 4) is 0 Å². The highest BCUT2D eigenvalue weighted by molar-refractivity contribution is 4.47. The summed E-state index contributed by atoms with van der Waals surface area (Å²) in [6.07, 6.45) is 1.39. The minimum atomic E-state index is 0.336. The van der Waals surface area contributed by atoms with E-state index in [2.05, 4.69) is 19.2 Å². The van der Waals surface area contributed by atoms with Gasteiger partial charge >= 0.3 is 0 Å². The maximum atomic E-state index is 5.41. The third-order valence-corrected chi connectivity index (χ3v) is 1.80. The lowest BCUT2D eigenvalue weighted by Gasteiger charge is -2.08. The maximum absolute atomic E-state index is 5.41. The van der Waals surface area contributed by atoms with Crippen LogP contribution in [-0.2, 0) is 14.2 Å². The van der Waals surface area contributed by atoms with Crippen LogP contribution < -0.4 is 5.32 Å². The minimum Gasteiger partial charge on any atom is -0.382 e. The number of rotatable bonds is 11. The molecule has 0 spiro atoms. The first-order valence-corrected chi connectivity index (χ1v) is 5.66. The van der Waals surface area contributed by atoms with Crippen LogP contribution in [0, 0.1) is 0 Å². The molecule has 0 saturated carbocycles. The summed E-state index contributed by atoms with van der Waals surface area (Å²) >= 11 is 0. The van der Waals surface area contributed by atoms with Crippen molar-refractivity contribution in [3.05, 3.63) is 0 Å². The Kier molecular flexibility index (Phi) is 11.8. The molecule has 0 aromatic heterocycles. The van der Waals surface area contributed by atoms with Gasteiger partial charge in [0.25, 0.3) is 0 Å². The summed E-state index contributed by atoms with van der Waals surface area (Å²) < 4.78 is 15.6. The van der Waals surface area contributed by atoms with Gasteiger partial charge in [0.05, 0.1) is 25.9 Å². The number of nitrogens with one attached hydrogen (secondary N) is 1. The fraction of sp³-hybridized carbons (Fsp3) is 1.00. The van der Waals surface area contributed by atoms with Crippen LogP contribution in [0.3, 0.4) is 0 Å². The van der Waals surface area contributed by atoms with Gasteiger partial charge in [-0.05, 0) is 26.8 Å². The molecule has 0 heterocycles. The zero-order valence-electron chi connectivity index (χ0n) is 10.3. The second-order valence-electron chi connectivity index (χ2n) is 3.63. The Balaban J connectivity index is 2.87. The molecule has 92 valence electrons. The van der Waals surface area contributed by atoms with E-state index in [0.717, 1.165) is 32.7 Å². The quantitative estimate of drug-likeness (QED) is 0.527. The lowest BCUT2D eigenvalue weighted by molar-refractivity contribution is 0.0687. The Morgan fingerprint density at radius 3 is 2.47 bits per heavy atom. The Labute approximate surface area is 93.3 Å². The van der Waals surface area contributed by atoms with Crippen LogP contribution in [0.25, 0.3) is 0 Å². The highest BCUT2D eigenvalue weighted by Crippen LogP contribution is 1.88. The molecule has 4 heteroatoms. The molecule has 0 aliphatic carbocycles. The van der Waals surface area contributed by atoms with Crippen molar-refractivity contribution in [2.45, 2.75) is 26.4 Å². The van der Waals surface area contributed by atoms with Crippen LogP contribution in [0.4, 0.5) is 0 Å². The lowest BCUT2D eigenvalue weighted by Crippen LogP contribution is -2.22. The van der Waals surface area contributed by atoms with Gasteiger partial charge in [0.2, 0.25) is 0 Å². The van der Waals surface area contributed by atoms with E-state index in [-0.39, 0.29) is 0 Å². The molecule has 0 unspecified atom stereocenters. The normalized spacial score (nSPS) is 11.2. The van der Waals surface area contributed by atoms with E-state index >= 15 is 0 Å². The first-order chi connectivity index (χ1) is 7.27. The van der Waals surface area contributed by atoms with Crippen LogP contribution in [0.2, 0.25) is 0 Å². The second kappa shape index (κ2) is 11.9. The first-order valence-electron chi connectivity index (χ1n) is 5.66. The zero-order chi connectivity index (χ0) is 11.4. The first kappa shape index (κ1) is 14.8. The van der Waals surface area contributed by atoms with Gasteiger partial charge in [0.1, 0.15) is 0 Å². The summed E-state index contributed by atoms with van der Waals surface area (Å²) in [6.45, 7) is 8.90. The van der Waals surface area contributed by atoms with Gasteiger partial charge in [0, 0.05) is 20.3 Å². The highest BCUT2D eigenvalue weighted by atomic mass is 16.5. The smallest absolute Gasteiger partial charge is 0.0700 e. The Morgan fingerprint density at radius 1 is 1.00 bits per heavy atom. The molecule has 0 bridgehead atoms. The fourth-order valence-electron chi connectivity index (χ4n) is 1.03. The monoisotopic (exact) mass is 219 g/mol. The summed E-state index contributed by atoms with van der Waals surface area (Å²) in [7, 11) is 1.68. The van der Waals surface area contributed by atoms with Crippen LogP contribution >= 0.6 is 0 Å². The molecule has 4 nitrogen and oxygen atoms in total. The Bertz CT molecular complexity index is 120. The maximum Gasteiger partial charge on any atom is 0.0700 e. The molecule has 0 rings (SSSR count). The molecule has 15 heavy (non-hydrogen) atoms. The fourth-order valence-corrected chi connectivity index (χ4v) is 1.03. The largest absolute Gasteiger partial charge is 0.382 e. The molecule has 0 aliphatic rings. The molecular weight excluding hydrogens is 194 g/mol. The topological polar surface area (TPSA) is 39.7 Å². The molecule has 0 aromatic carbocycles. The van der Waals surface area contributed by atoms with Crippen molar-refractivity contribution in [2.24, 2.45) is 0 Å². The van der Waals surface area contributed by atoms with Crippen molar-refractivity contribution in [1.29, 1.82) is 0 Å². The predicted molar refractivity (Wildman–Crippen MR) is 61.3 cm³/mol. The molecule has 0 aliphatic heterocycles. The predicted octanol–water partition coefficient (Wildman–Crippen LogP) is 1.05. The van der Waals surface area contributed by atoms with Crippen LogP contribution in [0.5, 0.6) is 0 Å². The van der Waals surface area contributed by atoms with Crippen molar-refractivity contribution in [3.63, 3.8) is 0 Å². The second-order valence-corrected chi connectivity index (χ2v) is 3.63. The van der Waals surface area contributed by atoms with Gasteiger partial charge in [-0.3, -0.25) is 0 Å². The Morgan fingerprint density at radius 2 is 1.80 bits per heavy atom. The van der Waals surface area contributed by atoms with Crippen molar-refractivity contribution in [1.82, 2.24) is 5.32 Å². The van der Waals surface area contributed by atoms with Crippen molar-refractivity contribution in [2.75, 3.05) is 46.6 Å². The molecule has 0 atom stereocenters. The van der Waals surface area contributed by atoms with E-state index in [1.54, 1.807) is 7.11 Å². The molecule has 0 radical (unpaired) electrons. The SMILES string of the molecule is COCCOCCNCCCOC(C)C. The molecular formula is C11H25NO3. The molecule has 1 N–H and O–H groups in total. The van der Waals surface area contributed by atoms with Gasteiger partial charge in [-0.25, -0.2) is 0 Å². The summed E-state index contributed by atoms with van der Waals surface area (Å²) in [5.41, 5.74) is 0. The van der Waals surface area contributed by atoms with E-state index in [0.29, 0.717) is 19.3 Å². The summed E-state index contributed by atoms with van der Waals surface area (Å²) in [5.74, 6) is 0. The molecule has 0 saturated heterocycles. The third kappa shape index (κ3) is 13.8. The highest BCUT2D eigenvalue weighted by Gasteiger charge is 1.93. The molecule has 0 amide bonds. The summed E-state index contributed by atoms with van der Waals surface area (Å²) in [5, 5.41) is 3.29. The minimum absolute atomic E-state index is 0.336. The van der Waals surface area contributed by atoms with Gasteiger partial charge < -0.3 is 19.5 Å². The van der Waals surface area contributed by atoms with Crippen molar-refractivity contribution >= 4 is 0 Å². The van der Waals surface area contributed by atoms with Gasteiger partial charge in [-0.1, -0.05) is 0 Å². The van der Waals surface area contributed by atoms with Gasteiger partial charge in [-0.15, -0.1) is 0 Å². The number of ether oxygens (including phenoxy) is 3. The Hall–Kier alpha value is -0.160. The van der Waals surface area contributed by atoms with Crippen molar-refractivity contribution < 1.29 is 14.2 Å². The average Bonchev–Trinajstić information content (AvgIpc) is 2.20. The van der Waals surface area contributed by atoms with Crippen LogP contribution in [0.15, 0.2) is 0 Å². The average molecular weight is 219 g/mol. The van der Waals surface area contributed by atoms with Crippen LogP contribution in [0.1, 0.15) is 20.3 Å². The molecule has 0 fully saturated rings. The molecule has 0 aromatic rings. The third-order valence-electron chi connectivity index (χ3n) is 1.80. The number of hydrogen-bond acceptors (Lipinski definition) is 4. The van der Waals surface area contributed by atoms with E-state index in [4.69, 9.17) is 14.2 Å². The van der Waals surface area contributed by atoms with E-state index in [1.165, 1.54) is 0 Å². The zero-order valence-corrected chi connectivity index (χ0v) is 10.3. The lowest BCUT2D eigenvalue weighted by atomic mass is 10.4. The van der Waals surface area contributed by atoms with E-state index < -0.39 is 0 Å². The summed E-state index contributed by atoms with van der Waals surface area (Å²) in [6, 6.07) is 0. The van der Waals surface area contributed by atoms with Crippen LogP contribution in [-0.4, -0.2) is 52.7 Å². The van der Waals surface area contributed by atoms with E-state index in [1.807, 2.05) is 0 Å². The van der Waals surface area contributed by atoms with Gasteiger partial charge in [-0.2, -0.15) is 0 Å². The van der Waals surface area contributed by atoms with Gasteiger partial charge in [0.15, 0.2) is 0 Å². The van der Waals surface area contributed by atoms with E-state index in [9.17, 15) is 0 Å². The number of hydrogen-bond donors (Lipinski definition) is 1. The standard InChI is InChI=1S/C11H25NO3/c1-11(2)15-7-4-5-12-6-8-14-10-9-13-3/h11-12H,4-10H2,1-3H3. The summed E-state index contributed by atoms with van der Waals surface area (Å²) in [4.78, 5) is 0.